The Hall–Kier alpha value is -4.13. The summed E-state index contributed by atoms with van der Waals surface area (Å²) >= 11 is 1.28. The number of ether oxygens (including phenoxy) is 2. The van der Waals surface area contributed by atoms with Gasteiger partial charge in [-0.3, -0.25) is 10.2 Å². The Morgan fingerprint density at radius 3 is 2.62 bits per heavy atom. The number of aliphatic imine (C=N–C) groups is 2. The predicted octanol–water partition coefficient (Wildman–Crippen LogP) is 2.68. The van der Waals surface area contributed by atoms with Gasteiger partial charge in [0.05, 0.1) is 24.6 Å². The molecule has 1 amide bonds. The smallest absolute Gasteiger partial charge is 0.291 e. The number of fused-ring (bicyclic) bond motifs is 1. The summed E-state index contributed by atoms with van der Waals surface area (Å²) in [6, 6.07) is 16.4. The summed E-state index contributed by atoms with van der Waals surface area (Å²) in [5.41, 5.74) is 7.85. The highest BCUT2D eigenvalue weighted by molar-refractivity contribution is 7.16. The number of nitrogens with two attached hydrogens (primary N) is 1. The molecule has 1 fully saturated rings. The summed E-state index contributed by atoms with van der Waals surface area (Å²) in [4.78, 5) is 28.4. The maximum Gasteiger partial charge on any atom is 0.291 e. The first-order valence-electron chi connectivity index (χ1n) is 12.4. The highest BCUT2D eigenvalue weighted by atomic mass is 32.1. The van der Waals surface area contributed by atoms with Crippen LogP contribution in [0.2, 0.25) is 0 Å². The normalized spacial score (nSPS) is 18.1. The summed E-state index contributed by atoms with van der Waals surface area (Å²) in [5, 5.41) is 23.1. The molecule has 11 nitrogen and oxygen atoms in total. The number of rotatable bonds is 5. The lowest BCUT2D eigenvalue weighted by molar-refractivity contribution is -0.117. The number of para-hydroxylation sites is 1. The second kappa shape index (κ2) is 10.9. The van der Waals surface area contributed by atoms with E-state index in [4.69, 9.17) is 20.6 Å². The first-order chi connectivity index (χ1) is 18.7. The van der Waals surface area contributed by atoms with Crippen molar-refractivity contribution < 1.29 is 19.4 Å². The summed E-state index contributed by atoms with van der Waals surface area (Å²) in [5.74, 6) is -0.840. The number of aliphatic hydroxyl groups is 1. The van der Waals surface area contributed by atoms with Crippen molar-refractivity contribution in [3.63, 3.8) is 0 Å². The molecule has 3 aromatic rings. The van der Waals surface area contributed by atoms with Crippen LogP contribution in [0.4, 0.5) is 10.7 Å². The SMILES string of the molecule is CC(C)(O)c1nc(C(=N)OC(N)=NC2N=C(c3ccccc3)c3ccccc3NC2=O)c(N2CCOCC2)s1. The number of benzene rings is 2. The third-order valence-electron chi connectivity index (χ3n) is 6.08. The molecule has 5 N–H and O–H groups in total. The molecule has 0 bridgehead atoms. The fraction of sp³-hybridized carbons (Fsp3) is 0.296. The van der Waals surface area contributed by atoms with Gasteiger partial charge >= 0.3 is 0 Å². The van der Waals surface area contributed by atoms with Crippen molar-refractivity contribution in [1.82, 2.24) is 4.98 Å². The topological polar surface area (TPSA) is 159 Å². The number of aromatic nitrogens is 1. The second-order valence-corrected chi connectivity index (χ2v) is 10.5. The number of hydrogen-bond donors (Lipinski definition) is 4. The van der Waals surface area contributed by atoms with Crippen LogP contribution in [0.3, 0.4) is 0 Å². The van der Waals surface area contributed by atoms with Gasteiger partial charge in [0.1, 0.15) is 15.6 Å². The van der Waals surface area contributed by atoms with Crippen LogP contribution in [0.1, 0.15) is 35.7 Å². The fourth-order valence-electron chi connectivity index (χ4n) is 4.16. The van der Waals surface area contributed by atoms with E-state index in [1.54, 1.807) is 19.9 Å². The molecule has 39 heavy (non-hydrogen) atoms. The van der Waals surface area contributed by atoms with Crippen LogP contribution >= 0.6 is 11.3 Å². The van der Waals surface area contributed by atoms with Crippen LogP contribution in [0.15, 0.2) is 64.6 Å². The monoisotopic (exact) mass is 547 g/mol. The van der Waals surface area contributed by atoms with Crippen molar-refractivity contribution >= 4 is 45.6 Å². The third kappa shape index (κ3) is 5.82. The molecule has 1 saturated heterocycles. The first kappa shape index (κ1) is 26.5. The quantitative estimate of drug-likeness (QED) is 0.282. The van der Waals surface area contributed by atoms with E-state index in [0.29, 0.717) is 47.7 Å². The lowest BCUT2D eigenvalue weighted by Gasteiger charge is -2.27. The van der Waals surface area contributed by atoms with Gasteiger partial charge < -0.3 is 30.5 Å². The van der Waals surface area contributed by atoms with E-state index < -0.39 is 23.7 Å². The predicted molar refractivity (Wildman–Crippen MR) is 151 cm³/mol. The summed E-state index contributed by atoms with van der Waals surface area (Å²) < 4.78 is 11.0. The maximum atomic E-state index is 13.1. The highest BCUT2D eigenvalue weighted by Gasteiger charge is 2.30. The third-order valence-corrected chi connectivity index (χ3v) is 7.50. The zero-order valence-corrected chi connectivity index (χ0v) is 22.4. The zero-order chi connectivity index (χ0) is 27.6. The molecule has 1 unspecified atom stereocenters. The van der Waals surface area contributed by atoms with Crippen LogP contribution in [-0.2, 0) is 19.9 Å². The number of thiazole rings is 1. The van der Waals surface area contributed by atoms with E-state index in [-0.39, 0.29) is 11.6 Å². The largest absolute Gasteiger partial charge is 0.405 e. The Labute approximate surface area is 229 Å². The molecule has 12 heteroatoms. The molecule has 0 radical (unpaired) electrons. The first-order valence-corrected chi connectivity index (χ1v) is 13.2. The second-order valence-electron chi connectivity index (χ2n) is 9.48. The number of benzodiazepines with no additional fused rings is 1. The maximum absolute atomic E-state index is 13.1. The average Bonchev–Trinajstić information content (AvgIpc) is 3.34. The van der Waals surface area contributed by atoms with Crippen LogP contribution in [-0.4, -0.2) is 66.1 Å². The van der Waals surface area contributed by atoms with Gasteiger partial charge in [-0.15, -0.1) is 0 Å². The summed E-state index contributed by atoms with van der Waals surface area (Å²) in [6.45, 7) is 5.55. The van der Waals surface area contributed by atoms with E-state index >= 15 is 0 Å². The standard InChI is InChI=1S/C27H29N7O4S/c1-27(2,36)25-32-20(24(39-25)34-12-14-37-15-13-34)21(28)38-26(29)33-22-23(35)30-18-11-7-6-10-17(18)19(31-22)16-8-4-3-5-9-16/h3-11,22,28,36H,12-15H2,1-2H3,(H2,29,33)(H,30,35). The van der Waals surface area contributed by atoms with Crippen LogP contribution in [0.25, 0.3) is 0 Å². The summed E-state index contributed by atoms with van der Waals surface area (Å²) in [7, 11) is 0. The molecule has 0 spiro atoms. The Balaban J connectivity index is 1.45. The van der Waals surface area contributed by atoms with Crippen LogP contribution in [0, 0.1) is 5.41 Å². The van der Waals surface area contributed by atoms with E-state index in [9.17, 15) is 9.90 Å². The zero-order valence-electron chi connectivity index (χ0n) is 21.5. The number of hydrogen-bond acceptors (Lipinski definition) is 10. The lowest BCUT2D eigenvalue weighted by atomic mass is 10.0. The van der Waals surface area contributed by atoms with Crippen molar-refractivity contribution in [2.75, 3.05) is 36.5 Å². The molecule has 0 aliphatic carbocycles. The number of anilines is 2. The number of nitrogens with zero attached hydrogens (tertiary/aromatic N) is 4. The van der Waals surface area contributed by atoms with E-state index in [0.717, 1.165) is 11.1 Å². The van der Waals surface area contributed by atoms with E-state index in [2.05, 4.69) is 20.3 Å². The molecule has 2 aromatic carbocycles. The molecule has 5 rings (SSSR count). The minimum Gasteiger partial charge on any atom is -0.405 e. The number of nitrogens with one attached hydrogen (secondary N) is 2. The van der Waals surface area contributed by atoms with Crippen molar-refractivity contribution in [3.05, 3.63) is 76.4 Å². The Morgan fingerprint density at radius 2 is 1.90 bits per heavy atom. The number of morpholine rings is 1. The molecule has 2 aliphatic rings. The summed E-state index contributed by atoms with van der Waals surface area (Å²) in [6.07, 6.45) is -1.25. The lowest BCUT2D eigenvalue weighted by Crippen LogP contribution is -2.37. The number of carbonyl (C=O) groups is 1. The number of carbonyl (C=O) groups excluding carboxylic acids is 1. The van der Waals surface area contributed by atoms with Crippen molar-refractivity contribution in [2.45, 2.75) is 25.6 Å². The fourth-order valence-corrected chi connectivity index (χ4v) is 5.28. The Bertz CT molecular complexity index is 1440. The number of amides is 1. The molecule has 2 aliphatic heterocycles. The molecular formula is C27H29N7O4S. The van der Waals surface area contributed by atoms with Gasteiger partial charge in [-0.05, 0) is 19.9 Å². The van der Waals surface area contributed by atoms with E-state index in [1.165, 1.54) is 11.3 Å². The van der Waals surface area contributed by atoms with Crippen molar-refractivity contribution in [1.29, 1.82) is 5.41 Å². The van der Waals surface area contributed by atoms with Crippen LogP contribution in [0.5, 0.6) is 0 Å². The Morgan fingerprint density at radius 1 is 1.21 bits per heavy atom. The van der Waals surface area contributed by atoms with Gasteiger partial charge in [-0.25, -0.2) is 9.98 Å². The average molecular weight is 548 g/mol. The number of amidine groups is 1. The van der Waals surface area contributed by atoms with Crippen molar-refractivity contribution in [2.24, 2.45) is 15.7 Å². The minimum absolute atomic E-state index is 0.225. The van der Waals surface area contributed by atoms with E-state index in [1.807, 2.05) is 53.4 Å². The molecule has 0 saturated carbocycles. The van der Waals surface area contributed by atoms with Gasteiger partial charge in [-0.1, -0.05) is 59.9 Å². The van der Waals surface area contributed by atoms with Gasteiger partial charge in [0.15, 0.2) is 5.69 Å². The van der Waals surface area contributed by atoms with Gasteiger partial charge in [0, 0.05) is 24.2 Å². The molecule has 1 atom stereocenters. The van der Waals surface area contributed by atoms with Crippen molar-refractivity contribution in [3.8, 4) is 0 Å². The minimum atomic E-state index is -1.25. The molecule has 1 aromatic heterocycles. The van der Waals surface area contributed by atoms with Gasteiger partial charge in [0.2, 0.25) is 12.1 Å². The van der Waals surface area contributed by atoms with Gasteiger partial charge in [-0.2, -0.15) is 4.99 Å². The Kier molecular flexibility index (Phi) is 7.42. The highest BCUT2D eigenvalue weighted by Crippen LogP contribution is 2.35. The van der Waals surface area contributed by atoms with Crippen LogP contribution < -0.4 is 16.0 Å². The molecule has 3 heterocycles. The van der Waals surface area contributed by atoms with Gasteiger partial charge in [0.25, 0.3) is 11.9 Å². The molecule has 202 valence electrons. The molecular weight excluding hydrogens is 518 g/mol.